The second-order valence-corrected chi connectivity index (χ2v) is 5.33. The molecule has 0 aromatic heterocycles. The van der Waals surface area contributed by atoms with Crippen molar-refractivity contribution >= 4 is 17.8 Å². The molecule has 0 bridgehead atoms. The first-order chi connectivity index (χ1) is 11.5. The lowest BCUT2D eigenvalue weighted by atomic mass is 10.2. The predicted molar refractivity (Wildman–Crippen MR) is 88.8 cm³/mol. The molecule has 0 radical (unpaired) electrons. The summed E-state index contributed by atoms with van der Waals surface area (Å²) in [6, 6.07) is 6.58. The van der Waals surface area contributed by atoms with Crippen molar-refractivity contribution < 1.29 is 23.9 Å². The minimum Gasteiger partial charge on any atom is -0.497 e. The summed E-state index contributed by atoms with van der Waals surface area (Å²) in [6.45, 7) is 3.24. The normalized spacial score (nSPS) is 11.3. The SMILES string of the molecule is CCC[C@H](C)NC(=O)COC(=O)CNC(=O)c1cccc(OC)c1. The molecule has 1 aromatic rings. The van der Waals surface area contributed by atoms with Gasteiger partial charge in [0.15, 0.2) is 6.61 Å². The Morgan fingerprint density at radius 3 is 2.67 bits per heavy atom. The van der Waals surface area contributed by atoms with E-state index in [1.807, 2.05) is 13.8 Å². The Morgan fingerprint density at radius 2 is 2.00 bits per heavy atom. The number of carbonyl (C=O) groups excluding carboxylic acids is 3. The van der Waals surface area contributed by atoms with Gasteiger partial charge in [0.1, 0.15) is 12.3 Å². The van der Waals surface area contributed by atoms with E-state index in [2.05, 4.69) is 10.6 Å². The molecule has 132 valence electrons. The molecule has 0 aliphatic heterocycles. The summed E-state index contributed by atoms with van der Waals surface area (Å²) < 4.78 is 9.85. The van der Waals surface area contributed by atoms with Gasteiger partial charge in [0.2, 0.25) is 0 Å². The Bertz CT molecular complexity index is 574. The number of methoxy groups -OCH3 is 1. The van der Waals surface area contributed by atoms with Gasteiger partial charge in [0.25, 0.3) is 11.8 Å². The quantitative estimate of drug-likeness (QED) is 0.663. The number of hydrogen-bond acceptors (Lipinski definition) is 5. The summed E-state index contributed by atoms with van der Waals surface area (Å²) in [4.78, 5) is 35.1. The second kappa shape index (κ2) is 10.3. The lowest BCUT2D eigenvalue weighted by Crippen LogP contribution is -2.37. The van der Waals surface area contributed by atoms with E-state index in [1.165, 1.54) is 7.11 Å². The van der Waals surface area contributed by atoms with E-state index in [1.54, 1.807) is 24.3 Å². The molecule has 1 rings (SSSR count). The van der Waals surface area contributed by atoms with Crippen LogP contribution in [0.2, 0.25) is 0 Å². The highest BCUT2D eigenvalue weighted by Gasteiger charge is 2.12. The van der Waals surface area contributed by atoms with Gasteiger partial charge in [0.05, 0.1) is 7.11 Å². The largest absolute Gasteiger partial charge is 0.497 e. The van der Waals surface area contributed by atoms with Crippen molar-refractivity contribution in [2.45, 2.75) is 32.7 Å². The van der Waals surface area contributed by atoms with Crippen LogP contribution in [0.5, 0.6) is 5.75 Å². The fraction of sp³-hybridized carbons (Fsp3) is 0.471. The molecule has 0 fully saturated rings. The maximum atomic E-state index is 11.9. The maximum absolute atomic E-state index is 11.9. The van der Waals surface area contributed by atoms with Crippen LogP contribution in [0, 0.1) is 0 Å². The van der Waals surface area contributed by atoms with Gasteiger partial charge in [-0.05, 0) is 31.5 Å². The minimum atomic E-state index is -0.676. The second-order valence-electron chi connectivity index (χ2n) is 5.33. The Hall–Kier alpha value is -2.57. The summed E-state index contributed by atoms with van der Waals surface area (Å²) in [5.74, 6) is -0.914. The number of hydrogen-bond donors (Lipinski definition) is 2. The number of esters is 1. The molecule has 0 aliphatic carbocycles. The van der Waals surface area contributed by atoms with E-state index in [-0.39, 0.29) is 25.1 Å². The molecular formula is C17H24N2O5. The molecule has 7 heteroatoms. The predicted octanol–water partition coefficient (Wildman–Crippen LogP) is 1.27. The molecule has 24 heavy (non-hydrogen) atoms. The van der Waals surface area contributed by atoms with Crippen molar-refractivity contribution in [2.75, 3.05) is 20.3 Å². The van der Waals surface area contributed by atoms with Gasteiger partial charge in [-0.15, -0.1) is 0 Å². The average molecular weight is 336 g/mol. The smallest absolute Gasteiger partial charge is 0.325 e. The topological polar surface area (TPSA) is 93.7 Å². The van der Waals surface area contributed by atoms with Gasteiger partial charge < -0.3 is 20.1 Å². The molecule has 2 amide bonds. The van der Waals surface area contributed by atoms with Crippen molar-refractivity contribution in [2.24, 2.45) is 0 Å². The summed E-state index contributed by atoms with van der Waals surface area (Å²) >= 11 is 0. The van der Waals surface area contributed by atoms with E-state index in [0.717, 1.165) is 12.8 Å². The van der Waals surface area contributed by atoms with Crippen LogP contribution in [0.3, 0.4) is 0 Å². The summed E-state index contributed by atoms with van der Waals surface area (Å²) in [7, 11) is 1.50. The first kappa shape index (κ1) is 19.5. The number of benzene rings is 1. The van der Waals surface area contributed by atoms with Crippen molar-refractivity contribution in [3.8, 4) is 5.75 Å². The molecule has 0 heterocycles. The number of rotatable bonds is 9. The highest BCUT2D eigenvalue weighted by Crippen LogP contribution is 2.12. The van der Waals surface area contributed by atoms with Crippen molar-refractivity contribution in [3.05, 3.63) is 29.8 Å². The Balaban J connectivity index is 2.32. The summed E-state index contributed by atoms with van der Waals surface area (Å²) in [5, 5.41) is 5.16. The number of ether oxygens (including phenoxy) is 2. The van der Waals surface area contributed by atoms with Crippen LogP contribution < -0.4 is 15.4 Å². The maximum Gasteiger partial charge on any atom is 0.325 e. The van der Waals surface area contributed by atoms with Crippen LogP contribution in [0.4, 0.5) is 0 Å². The van der Waals surface area contributed by atoms with Gasteiger partial charge in [-0.3, -0.25) is 14.4 Å². The zero-order valence-corrected chi connectivity index (χ0v) is 14.3. The van der Waals surface area contributed by atoms with E-state index < -0.39 is 11.9 Å². The Morgan fingerprint density at radius 1 is 1.25 bits per heavy atom. The molecule has 7 nitrogen and oxygen atoms in total. The Labute approximate surface area is 141 Å². The minimum absolute atomic E-state index is 0.0361. The lowest BCUT2D eigenvalue weighted by molar-refractivity contribution is -0.147. The van der Waals surface area contributed by atoms with Crippen LogP contribution in [0.25, 0.3) is 0 Å². The standard InChI is InChI=1S/C17H24N2O5/c1-4-6-12(2)19-15(20)11-24-16(21)10-18-17(22)13-7-5-8-14(9-13)23-3/h5,7-9,12H,4,6,10-11H2,1-3H3,(H,18,22)(H,19,20)/t12-/m0/s1. The van der Waals surface area contributed by atoms with Crippen LogP contribution >= 0.6 is 0 Å². The first-order valence-corrected chi connectivity index (χ1v) is 7.83. The molecule has 2 N–H and O–H groups in total. The molecule has 1 aromatic carbocycles. The van der Waals surface area contributed by atoms with Crippen LogP contribution in [0.15, 0.2) is 24.3 Å². The monoisotopic (exact) mass is 336 g/mol. The van der Waals surface area contributed by atoms with Crippen LogP contribution in [-0.2, 0) is 14.3 Å². The fourth-order valence-corrected chi connectivity index (χ4v) is 2.04. The highest BCUT2D eigenvalue weighted by molar-refractivity contribution is 5.96. The van der Waals surface area contributed by atoms with Crippen LogP contribution in [0.1, 0.15) is 37.0 Å². The molecule has 0 saturated heterocycles. The van der Waals surface area contributed by atoms with Crippen molar-refractivity contribution in [3.63, 3.8) is 0 Å². The summed E-state index contributed by atoms with van der Waals surface area (Å²) in [6.07, 6.45) is 1.81. The van der Waals surface area contributed by atoms with Gasteiger partial charge in [0, 0.05) is 11.6 Å². The van der Waals surface area contributed by atoms with Crippen LogP contribution in [-0.4, -0.2) is 44.1 Å². The molecule has 0 unspecified atom stereocenters. The lowest BCUT2D eigenvalue weighted by Gasteiger charge is -2.12. The van der Waals surface area contributed by atoms with E-state index in [0.29, 0.717) is 11.3 Å². The highest BCUT2D eigenvalue weighted by atomic mass is 16.5. The van der Waals surface area contributed by atoms with E-state index in [4.69, 9.17) is 9.47 Å². The zero-order chi connectivity index (χ0) is 17.9. The Kier molecular flexibility index (Phi) is 8.32. The van der Waals surface area contributed by atoms with Crippen molar-refractivity contribution in [1.29, 1.82) is 0 Å². The van der Waals surface area contributed by atoms with Gasteiger partial charge in [-0.25, -0.2) is 0 Å². The average Bonchev–Trinajstić information content (AvgIpc) is 2.58. The molecule has 0 saturated carbocycles. The number of amides is 2. The molecule has 0 spiro atoms. The summed E-state index contributed by atoms with van der Waals surface area (Å²) in [5.41, 5.74) is 0.369. The number of nitrogens with one attached hydrogen (secondary N) is 2. The third-order valence-corrected chi connectivity index (χ3v) is 3.22. The van der Waals surface area contributed by atoms with Gasteiger partial charge in [-0.1, -0.05) is 19.4 Å². The van der Waals surface area contributed by atoms with Gasteiger partial charge in [-0.2, -0.15) is 0 Å². The van der Waals surface area contributed by atoms with Crippen molar-refractivity contribution in [1.82, 2.24) is 10.6 Å². The first-order valence-electron chi connectivity index (χ1n) is 7.83. The third kappa shape index (κ3) is 7.13. The third-order valence-electron chi connectivity index (χ3n) is 3.22. The molecule has 0 aliphatic rings. The molecular weight excluding hydrogens is 312 g/mol. The van der Waals surface area contributed by atoms with E-state index >= 15 is 0 Å². The molecule has 1 atom stereocenters. The fourth-order valence-electron chi connectivity index (χ4n) is 2.04. The zero-order valence-electron chi connectivity index (χ0n) is 14.3. The van der Waals surface area contributed by atoms with Gasteiger partial charge >= 0.3 is 5.97 Å². The number of carbonyl (C=O) groups is 3. The van der Waals surface area contributed by atoms with E-state index in [9.17, 15) is 14.4 Å².